The van der Waals surface area contributed by atoms with Crippen molar-refractivity contribution < 1.29 is 49.4 Å². The summed E-state index contributed by atoms with van der Waals surface area (Å²) < 4.78 is 107. The average molecular weight is 469 g/mol. The zero-order valence-corrected chi connectivity index (χ0v) is 16.2. The van der Waals surface area contributed by atoms with Crippen LogP contribution in [0.15, 0.2) is 48.5 Å². The molecule has 2 rings (SSSR count). The third kappa shape index (κ3) is 4.83. The van der Waals surface area contributed by atoms with Gasteiger partial charge in [-0.15, -0.1) is 0 Å². The number of nitrogens with one attached hydrogen (secondary N) is 1. The summed E-state index contributed by atoms with van der Waals surface area (Å²) in [6.07, 6.45) is -5.07. The molecule has 0 saturated carbocycles. The van der Waals surface area contributed by atoms with Crippen LogP contribution in [-0.2, 0) is 4.74 Å². The summed E-state index contributed by atoms with van der Waals surface area (Å²) in [7, 11) is 1.68. The van der Waals surface area contributed by atoms with Gasteiger partial charge in [-0.25, -0.2) is 13.6 Å². The molecule has 0 atom stereocenters. The van der Waals surface area contributed by atoms with Crippen LogP contribution in [0.5, 0.6) is 0 Å². The lowest BCUT2D eigenvalue weighted by atomic mass is 10.0. The Morgan fingerprint density at radius 2 is 1.28 bits per heavy atom. The molecule has 0 aliphatic carbocycles. The molecular weight excluding hydrogens is 454 g/mol. The van der Waals surface area contributed by atoms with E-state index in [-0.39, 0.29) is 5.56 Å². The molecule has 0 heterocycles. The molecule has 2 aromatic rings. The zero-order valence-electron chi connectivity index (χ0n) is 16.2. The van der Waals surface area contributed by atoms with Gasteiger partial charge in [0.2, 0.25) is 0 Å². The number of esters is 1. The molecule has 0 aliphatic heterocycles. The van der Waals surface area contributed by atoms with Crippen LogP contribution in [0, 0.1) is 0 Å². The maximum Gasteiger partial charge on any atom is 0.381 e. The van der Waals surface area contributed by atoms with E-state index in [2.05, 4.69) is 10.1 Å². The molecule has 0 radical (unpaired) electrons. The van der Waals surface area contributed by atoms with Gasteiger partial charge in [0.15, 0.2) is 12.4 Å². The first kappa shape index (κ1) is 25.1. The number of carbonyl (C=O) groups is 2. The maximum absolute atomic E-state index is 13.5. The fraction of sp³-hybridized carbons (Fsp3) is 0.300. The van der Waals surface area contributed by atoms with Crippen LogP contribution < -0.4 is 5.32 Å². The maximum atomic E-state index is 13.5. The third-order valence-electron chi connectivity index (χ3n) is 4.36. The average Bonchev–Trinajstić information content (AvgIpc) is 2.76. The van der Waals surface area contributed by atoms with E-state index < -0.39 is 48.1 Å². The molecule has 0 aliphatic rings. The van der Waals surface area contributed by atoms with Crippen molar-refractivity contribution in [3.8, 4) is 0 Å². The Morgan fingerprint density at radius 1 is 0.844 bits per heavy atom. The van der Waals surface area contributed by atoms with E-state index in [4.69, 9.17) is 0 Å². The molecule has 0 spiro atoms. The first-order chi connectivity index (χ1) is 14.7. The van der Waals surface area contributed by atoms with Gasteiger partial charge >= 0.3 is 30.2 Å². The molecule has 12 heteroatoms. The molecule has 1 N–H and O–H groups in total. The Kier molecular flexibility index (Phi) is 7.16. The van der Waals surface area contributed by atoms with Crippen molar-refractivity contribution in [3.05, 3.63) is 65.2 Å². The van der Waals surface area contributed by atoms with Gasteiger partial charge in [-0.2, -0.15) is 26.3 Å². The third-order valence-corrected chi connectivity index (χ3v) is 4.36. The van der Waals surface area contributed by atoms with Crippen molar-refractivity contribution in [3.63, 3.8) is 0 Å². The highest BCUT2D eigenvalue weighted by Gasteiger charge is 2.75. The minimum Gasteiger partial charge on any atom is -0.455 e. The first-order valence-corrected chi connectivity index (χ1v) is 8.76. The number of alkyl halides is 8. The number of ether oxygens (including phenoxy) is 1. The predicted octanol–water partition coefficient (Wildman–Crippen LogP) is 5.29. The van der Waals surface area contributed by atoms with Crippen molar-refractivity contribution >= 4 is 17.4 Å². The zero-order chi connectivity index (χ0) is 24.3. The van der Waals surface area contributed by atoms with E-state index in [0.29, 0.717) is 5.56 Å². The number of hydrogen-bond donors (Lipinski definition) is 1. The second-order valence-electron chi connectivity index (χ2n) is 6.51. The summed E-state index contributed by atoms with van der Waals surface area (Å²) in [6.45, 7) is -2.57. The van der Waals surface area contributed by atoms with Gasteiger partial charge in [-0.1, -0.05) is 12.1 Å². The quantitative estimate of drug-likeness (QED) is 0.308. The second-order valence-corrected chi connectivity index (χ2v) is 6.51. The molecular formula is C20H15F8NO3. The first-order valence-electron chi connectivity index (χ1n) is 8.76. The predicted molar refractivity (Wildman–Crippen MR) is 97.0 cm³/mol. The molecule has 0 bridgehead atoms. The summed E-state index contributed by atoms with van der Waals surface area (Å²) in [5.41, 5.74) is 0.661. The van der Waals surface area contributed by atoms with Crippen molar-refractivity contribution in [2.75, 3.05) is 19.0 Å². The molecule has 4 nitrogen and oxygen atoms in total. The van der Waals surface area contributed by atoms with Crippen molar-refractivity contribution in [2.45, 2.75) is 24.2 Å². The molecule has 174 valence electrons. The number of ketones is 1. The highest BCUT2D eigenvalue weighted by atomic mass is 19.4. The van der Waals surface area contributed by atoms with Crippen LogP contribution in [0.1, 0.15) is 26.3 Å². The standard InChI is InChI=1S/C20H15F8NO3/c1-29-14-8-6-12(7-9-14)15(30)11-2-4-13(5-3-11)16(31)32-10-18(23,24)20(27,28)19(25,26)17(21)22/h2-9,17,29H,10H2,1H3. The monoisotopic (exact) mass is 469 g/mol. The minimum atomic E-state index is -6.48. The number of rotatable bonds is 9. The Labute approximate surface area is 176 Å². The highest BCUT2D eigenvalue weighted by Crippen LogP contribution is 2.48. The van der Waals surface area contributed by atoms with E-state index in [1.165, 1.54) is 12.1 Å². The van der Waals surface area contributed by atoms with E-state index in [9.17, 15) is 44.7 Å². The number of benzene rings is 2. The molecule has 32 heavy (non-hydrogen) atoms. The van der Waals surface area contributed by atoms with E-state index >= 15 is 0 Å². The van der Waals surface area contributed by atoms with Gasteiger partial charge in [-0.3, -0.25) is 4.79 Å². The van der Waals surface area contributed by atoms with E-state index in [1.54, 1.807) is 19.2 Å². The van der Waals surface area contributed by atoms with E-state index in [0.717, 1.165) is 30.0 Å². The second kappa shape index (κ2) is 9.13. The number of anilines is 1. The van der Waals surface area contributed by atoms with Crippen LogP contribution >= 0.6 is 0 Å². The Morgan fingerprint density at radius 3 is 1.72 bits per heavy atom. The van der Waals surface area contributed by atoms with Crippen molar-refractivity contribution in [1.82, 2.24) is 0 Å². The van der Waals surface area contributed by atoms with Crippen LogP contribution in [0.2, 0.25) is 0 Å². The van der Waals surface area contributed by atoms with Crippen LogP contribution in [0.25, 0.3) is 0 Å². The molecule has 0 fully saturated rings. The number of halogens is 8. The van der Waals surface area contributed by atoms with Gasteiger partial charge in [0.25, 0.3) is 0 Å². The smallest absolute Gasteiger partial charge is 0.381 e. The lowest BCUT2D eigenvalue weighted by Gasteiger charge is -2.31. The van der Waals surface area contributed by atoms with Crippen LogP contribution in [0.3, 0.4) is 0 Å². The molecule has 0 unspecified atom stereocenters. The number of carbonyl (C=O) groups excluding carboxylic acids is 2. The lowest BCUT2D eigenvalue weighted by Crippen LogP contribution is -2.59. The Hall–Kier alpha value is -3.18. The van der Waals surface area contributed by atoms with Crippen molar-refractivity contribution in [1.29, 1.82) is 0 Å². The van der Waals surface area contributed by atoms with Gasteiger partial charge in [-0.05, 0) is 36.4 Å². The number of hydrogen-bond acceptors (Lipinski definition) is 4. The molecule has 2 aromatic carbocycles. The SMILES string of the molecule is CNc1ccc(C(=O)c2ccc(C(=O)OCC(F)(F)C(F)(F)C(F)(F)C(F)F)cc2)cc1. The van der Waals surface area contributed by atoms with Gasteiger partial charge in [0, 0.05) is 23.9 Å². The summed E-state index contributed by atoms with van der Waals surface area (Å²) in [5, 5.41) is 2.86. The molecule has 0 amide bonds. The topological polar surface area (TPSA) is 55.4 Å². The molecule has 0 saturated heterocycles. The minimum absolute atomic E-state index is 0.0900. The summed E-state index contributed by atoms with van der Waals surface area (Å²) in [5.74, 6) is -20.7. The van der Waals surface area contributed by atoms with E-state index in [1.807, 2.05) is 0 Å². The Balaban J connectivity index is 2.08. The summed E-state index contributed by atoms with van der Waals surface area (Å²) >= 11 is 0. The van der Waals surface area contributed by atoms with Gasteiger partial charge in [0.1, 0.15) is 0 Å². The fourth-order valence-electron chi connectivity index (χ4n) is 2.42. The fourth-order valence-corrected chi connectivity index (χ4v) is 2.42. The largest absolute Gasteiger partial charge is 0.455 e. The van der Waals surface area contributed by atoms with Crippen molar-refractivity contribution in [2.24, 2.45) is 0 Å². The Bertz CT molecular complexity index is 960. The van der Waals surface area contributed by atoms with Gasteiger partial charge in [0.05, 0.1) is 5.56 Å². The lowest BCUT2D eigenvalue weighted by molar-refractivity contribution is -0.343. The molecule has 0 aromatic heterocycles. The normalized spacial score (nSPS) is 12.6. The summed E-state index contributed by atoms with van der Waals surface area (Å²) in [4.78, 5) is 24.2. The van der Waals surface area contributed by atoms with Crippen LogP contribution in [-0.4, -0.2) is 49.6 Å². The van der Waals surface area contributed by atoms with Gasteiger partial charge < -0.3 is 10.1 Å². The van der Waals surface area contributed by atoms with Crippen LogP contribution in [0.4, 0.5) is 40.8 Å². The highest BCUT2D eigenvalue weighted by molar-refractivity contribution is 6.09. The summed E-state index contributed by atoms with van der Waals surface area (Å²) in [6, 6.07) is 10.5.